The Balaban J connectivity index is 1.95. The third-order valence-electron chi connectivity index (χ3n) is 6.79. The lowest BCUT2D eigenvalue weighted by Crippen LogP contribution is -2.49. The van der Waals surface area contributed by atoms with Gasteiger partial charge in [-0.05, 0) is 54.8 Å². The highest BCUT2D eigenvalue weighted by Crippen LogP contribution is 2.71. The lowest BCUT2D eigenvalue weighted by Gasteiger charge is -2.40. The molecule has 3 rings (SSSR count). The quantitative estimate of drug-likeness (QED) is 0.751. The molecule has 0 spiro atoms. The minimum Gasteiger partial charge on any atom is -0.459 e. The van der Waals surface area contributed by atoms with Crippen molar-refractivity contribution in [2.45, 2.75) is 65.6 Å². The molecular weight excluding hydrogens is 252 g/mol. The Hall–Kier alpha value is -0.570. The summed E-state index contributed by atoms with van der Waals surface area (Å²) in [5, 5.41) is 11.1. The van der Waals surface area contributed by atoms with Crippen LogP contribution in [-0.2, 0) is 9.53 Å². The van der Waals surface area contributed by atoms with E-state index in [2.05, 4.69) is 20.8 Å². The third-order valence-corrected chi connectivity index (χ3v) is 6.79. The van der Waals surface area contributed by atoms with E-state index in [1.807, 2.05) is 6.92 Å². The predicted octanol–water partition coefficient (Wildman–Crippen LogP) is 3.01. The van der Waals surface area contributed by atoms with E-state index in [4.69, 9.17) is 4.74 Å². The van der Waals surface area contributed by atoms with Gasteiger partial charge in [-0.1, -0.05) is 27.2 Å². The highest BCUT2D eigenvalue weighted by Gasteiger charge is 2.69. The monoisotopic (exact) mass is 280 g/mol. The number of ether oxygens (including phenoxy) is 1. The summed E-state index contributed by atoms with van der Waals surface area (Å²) in [4.78, 5) is 11.4. The molecule has 3 fully saturated rings. The molecule has 0 aromatic rings. The molecule has 3 aliphatic carbocycles. The SMILES string of the molecule is CC(=O)OC1CC2C(C3C(C)CCC3C1(C)O)C2(C)C. The largest absolute Gasteiger partial charge is 0.459 e. The van der Waals surface area contributed by atoms with Crippen LogP contribution in [0.4, 0.5) is 0 Å². The maximum Gasteiger partial charge on any atom is 0.303 e. The molecule has 20 heavy (non-hydrogen) atoms. The Kier molecular flexibility index (Phi) is 3.03. The summed E-state index contributed by atoms with van der Waals surface area (Å²) in [7, 11) is 0. The summed E-state index contributed by atoms with van der Waals surface area (Å²) in [5.41, 5.74) is -0.527. The van der Waals surface area contributed by atoms with Crippen LogP contribution in [0, 0.1) is 35.0 Å². The zero-order valence-electron chi connectivity index (χ0n) is 13.3. The van der Waals surface area contributed by atoms with Crippen LogP contribution in [0.3, 0.4) is 0 Å². The molecule has 0 saturated heterocycles. The number of hydrogen-bond acceptors (Lipinski definition) is 3. The zero-order valence-corrected chi connectivity index (χ0v) is 13.3. The van der Waals surface area contributed by atoms with Crippen LogP contribution in [0.25, 0.3) is 0 Å². The van der Waals surface area contributed by atoms with E-state index in [0.29, 0.717) is 29.1 Å². The van der Waals surface area contributed by atoms with Crippen molar-refractivity contribution >= 4 is 5.97 Å². The maximum absolute atomic E-state index is 11.4. The zero-order chi connectivity index (χ0) is 14.9. The van der Waals surface area contributed by atoms with Crippen molar-refractivity contribution in [2.24, 2.45) is 35.0 Å². The van der Waals surface area contributed by atoms with Gasteiger partial charge >= 0.3 is 5.97 Å². The highest BCUT2D eigenvalue weighted by atomic mass is 16.6. The summed E-state index contributed by atoms with van der Waals surface area (Å²) in [6, 6.07) is 0. The van der Waals surface area contributed by atoms with Crippen molar-refractivity contribution in [1.82, 2.24) is 0 Å². The van der Waals surface area contributed by atoms with Crippen molar-refractivity contribution < 1.29 is 14.6 Å². The Morgan fingerprint density at radius 3 is 2.45 bits per heavy atom. The average molecular weight is 280 g/mol. The molecule has 0 heterocycles. The summed E-state index contributed by atoms with van der Waals surface area (Å²) in [5.74, 6) is 2.56. The molecule has 3 heteroatoms. The van der Waals surface area contributed by atoms with Crippen LogP contribution in [0.2, 0.25) is 0 Å². The van der Waals surface area contributed by atoms with Crippen molar-refractivity contribution in [3.05, 3.63) is 0 Å². The van der Waals surface area contributed by atoms with E-state index in [-0.39, 0.29) is 18.0 Å². The van der Waals surface area contributed by atoms with Crippen LogP contribution in [-0.4, -0.2) is 22.8 Å². The third kappa shape index (κ3) is 1.85. The van der Waals surface area contributed by atoms with Gasteiger partial charge in [-0.3, -0.25) is 4.79 Å². The minimum atomic E-state index is -0.870. The van der Waals surface area contributed by atoms with Crippen LogP contribution in [0.1, 0.15) is 53.9 Å². The number of esters is 1. The van der Waals surface area contributed by atoms with E-state index in [9.17, 15) is 9.90 Å². The van der Waals surface area contributed by atoms with Crippen molar-refractivity contribution in [3.63, 3.8) is 0 Å². The Morgan fingerprint density at radius 2 is 1.85 bits per heavy atom. The van der Waals surface area contributed by atoms with Gasteiger partial charge in [0, 0.05) is 6.92 Å². The molecule has 0 aromatic heterocycles. The standard InChI is InChI=1S/C17H28O3/c1-9-6-7-11-14(9)15-12(16(15,3)4)8-13(17(11,5)19)20-10(2)18/h9,11-15,19H,6-8H2,1-5H3. The second-order valence-electron chi connectivity index (χ2n) is 8.25. The second-order valence-corrected chi connectivity index (χ2v) is 8.25. The van der Waals surface area contributed by atoms with Gasteiger partial charge in [0.25, 0.3) is 0 Å². The molecule has 3 nitrogen and oxygen atoms in total. The normalized spacial score (nSPS) is 52.7. The molecule has 0 aromatic carbocycles. The van der Waals surface area contributed by atoms with E-state index in [1.165, 1.54) is 13.3 Å². The first-order valence-corrected chi connectivity index (χ1v) is 8.07. The number of carbonyl (C=O) groups excluding carboxylic acids is 1. The van der Waals surface area contributed by atoms with Gasteiger partial charge in [-0.15, -0.1) is 0 Å². The van der Waals surface area contributed by atoms with Crippen LogP contribution in [0.15, 0.2) is 0 Å². The summed E-state index contributed by atoms with van der Waals surface area (Å²) >= 11 is 0. The molecule has 0 radical (unpaired) electrons. The lowest BCUT2D eigenvalue weighted by atomic mass is 9.73. The van der Waals surface area contributed by atoms with Gasteiger partial charge in [-0.25, -0.2) is 0 Å². The Morgan fingerprint density at radius 1 is 1.20 bits per heavy atom. The molecule has 7 atom stereocenters. The van der Waals surface area contributed by atoms with E-state index in [1.54, 1.807) is 0 Å². The lowest BCUT2D eigenvalue weighted by molar-refractivity contribution is -0.171. The van der Waals surface area contributed by atoms with Crippen LogP contribution < -0.4 is 0 Å². The number of carbonyl (C=O) groups is 1. The molecule has 1 N–H and O–H groups in total. The molecule has 3 aliphatic rings. The van der Waals surface area contributed by atoms with Crippen molar-refractivity contribution in [2.75, 3.05) is 0 Å². The smallest absolute Gasteiger partial charge is 0.303 e. The fourth-order valence-electron chi connectivity index (χ4n) is 5.59. The molecule has 3 saturated carbocycles. The Labute approximate surface area is 122 Å². The predicted molar refractivity (Wildman–Crippen MR) is 76.9 cm³/mol. The Bertz CT molecular complexity index is 426. The average Bonchev–Trinajstić information content (AvgIpc) is 2.65. The molecule has 0 aliphatic heterocycles. The summed E-state index contributed by atoms with van der Waals surface area (Å²) < 4.78 is 5.53. The van der Waals surface area contributed by atoms with E-state index in [0.717, 1.165) is 12.8 Å². The highest BCUT2D eigenvalue weighted by molar-refractivity contribution is 5.66. The van der Waals surface area contributed by atoms with Gasteiger partial charge in [-0.2, -0.15) is 0 Å². The van der Waals surface area contributed by atoms with Crippen molar-refractivity contribution in [3.8, 4) is 0 Å². The molecule has 7 unspecified atom stereocenters. The fourth-order valence-corrected chi connectivity index (χ4v) is 5.59. The van der Waals surface area contributed by atoms with Crippen molar-refractivity contribution in [1.29, 1.82) is 0 Å². The number of rotatable bonds is 1. The summed E-state index contributed by atoms with van der Waals surface area (Å²) in [6.07, 6.45) is 2.74. The van der Waals surface area contributed by atoms with Gasteiger partial charge in [0.05, 0.1) is 0 Å². The van der Waals surface area contributed by atoms with E-state index >= 15 is 0 Å². The molecule has 0 bridgehead atoms. The van der Waals surface area contributed by atoms with Gasteiger partial charge < -0.3 is 9.84 Å². The number of hydrogen-bond donors (Lipinski definition) is 1. The second kappa shape index (κ2) is 4.22. The van der Waals surface area contributed by atoms with Crippen LogP contribution >= 0.6 is 0 Å². The topological polar surface area (TPSA) is 46.5 Å². The van der Waals surface area contributed by atoms with Gasteiger partial charge in [0.1, 0.15) is 11.7 Å². The van der Waals surface area contributed by atoms with E-state index < -0.39 is 5.60 Å². The first kappa shape index (κ1) is 14.4. The van der Waals surface area contributed by atoms with Crippen LogP contribution in [0.5, 0.6) is 0 Å². The maximum atomic E-state index is 11.4. The first-order valence-electron chi connectivity index (χ1n) is 8.07. The molecule has 114 valence electrons. The summed E-state index contributed by atoms with van der Waals surface area (Å²) in [6.45, 7) is 10.4. The molecular formula is C17H28O3. The van der Waals surface area contributed by atoms with Gasteiger partial charge in [0.2, 0.25) is 0 Å². The number of aliphatic hydroxyl groups is 1. The minimum absolute atomic E-state index is 0.269. The fraction of sp³-hybridized carbons (Fsp3) is 0.941. The van der Waals surface area contributed by atoms with Gasteiger partial charge in [0.15, 0.2) is 0 Å². The number of fused-ring (bicyclic) bond motifs is 3. The molecule has 0 amide bonds. The first-order chi connectivity index (χ1) is 9.17.